The number of rotatable bonds is 4. The number of nitrogens with zero attached hydrogens (tertiary/aromatic N) is 1. The molecule has 0 aromatic heterocycles. The summed E-state index contributed by atoms with van der Waals surface area (Å²) < 4.78 is 43.5. The lowest BCUT2D eigenvalue weighted by Crippen LogP contribution is -2.50. The maximum atomic E-state index is 13.6. The van der Waals surface area contributed by atoms with E-state index in [4.69, 9.17) is 14.2 Å². The zero-order chi connectivity index (χ0) is 21.3. The number of hydrogen-bond acceptors (Lipinski definition) is 5. The largest absolute Gasteiger partial charge is 0.444 e. The number of carbonyl (C=O) groups excluding carboxylic acids is 2. The van der Waals surface area contributed by atoms with E-state index in [2.05, 4.69) is 5.32 Å². The van der Waals surface area contributed by atoms with Crippen molar-refractivity contribution in [3.05, 3.63) is 35.4 Å². The first-order chi connectivity index (χ1) is 13.6. The van der Waals surface area contributed by atoms with E-state index in [0.29, 0.717) is 18.5 Å². The Labute approximate surface area is 168 Å². The Bertz CT molecular complexity index is 762. The molecule has 0 unspecified atom stereocenters. The number of amides is 2. The van der Waals surface area contributed by atoms with Gasteiger partial charge in [0.1, 0.15) is 23.3 Å². The fraction of sp³-hybridized carbons (Fsp3) is 0.600. The molecular formula is C20H26F2N2O5. The second kappa shape index (κ2) is 8.14. The number of alkyl carbamates (subject to hydrolysis) is 1. The lowest BCUT2D eigenvalue weighted by Gasteiger charge is -2.32. The SMILES string of the molecule is CO[C@@H]1C[C@@H]([C@H]2OC(=O)N[C@H]2Cc2cc(F)cc(F)c2)N(C(=O)OC(C)(C)C)C1. The summed E-state index contributed by atoms with van der Waals surface area (Å²) in [6, 6.07) is 2.16. The Kier molecular flexibility index (Phi) is 5.97. The van der Waals surface area contributed by atoms with Crippen molar-refractivity contribution in [2.24, 2.45) is 0 Å². The number of nitrogens with one attached hydrogen (secondary N) is 1. The monoisotopic (exact) mass is 412 g/mol. The first-order valence-electron chi connectivity index (χ1n) is 9.50. The summed E-state index contributed by atoms with van der Waals surface area (Å²) in [5.74, 6) is -1.39. The highest BCUT2D eigenvalue weighted by Crippen LogP contribution is 2.31. The minimum Gasteiger partial charge on any atom is -0.444 e. The van der Waals surface area contributed by atoms with Crippen molar-refractivity contribution in [2.45, 2.75) is 63.5 Å². The first kappa shape index (κ1) is 21.3. The molecule has 9 heteroatoms. The van der Waals surface area contributed by atoms with Crippen molar-refractivity contribution in [1.82, 2.24) is 10.2 Å². The van der Waals surface area contributed by atoms with Crippen LogP contribution in [0.4, 0.5) is 18.4 Å². The summed E-state index contributed by atoms with van der Waals surface area (Å²) in [7, 11) is 1.55. The molecule has 7 nitrogen and oxygen atoms in total. The molecule has 3 rings (SSSR count). The summed E-state index contributed by atoms with van der Waals surface area (Å²) >= 11 is 0. The Morgan fingerprint density at radius 3 is 2.52 bits per heavy atom. The van der Waals surface area contributed by atoms with Crippen molar-refractivity contribution < 1.29 is 32.6 Å². The van der Waals surface area contributed by atoms with Crippen LogP contribution in [0.1, 0.15) is 32.8 Å². The van der Waals surface area contributed by atoms with Crippen LogP contribution in [0.15, 0.2) is 18.2 Å². The molecule has 2 saturated heterocycles. The smallest absolute Gasteiger partial charge is 0.410 e. The molecule has 2 aliphatic rings. The quantitative estimate of drug-likeness (QED) is 0.823. The maximum Gasteiger partial charge on any atom is 0.410 e. The minimum atomic E-state index is -0.707. The van der Waals surface area contributed by atoms with Crippen LogP contribution in [0.25, 0.3) is 0 Å². The van der Waals surface area contributed by atoms with Gasteiger partial charge in [0.2, 0.25) is 0 Å². The lowest BCUT2D eigenvalue weighted by molar-refractivity contribution is 0.00450. The van der Waals surface area contributed by atoms with E-state index in [1.165, 1.54) is 17.0 Å². The Hall–Kier alpha value is -2.42. The van der Waals surface area contributed by atoms with E-state index < -0.39 is 47.6 Å². The van der Waals surface area contributed by atoms with Crippen molar-refractivity contribution >= 4 is 12.2 Å². The normalized spacial score (nSPS) is 27.0. The average Bonchev–Trinajstić information content (AvgIpc) is 3.15. The summed E-state index contributed by atoms with van der Waals surface area (Å²) in [5.41, 5.74) is -0.302. The standard InChI is InChI=1S/C20H26F2N2O5/c1-20(2,3)29-19(26)24-10-14(27-4)9-16(24)17-15(23-18(25)28-17)7-11-5-12(21)8-13(22)6-11/h5-6,8,14-17H,7,9-10H2,1-4H3,(H,23,25)/t14-,15+,16+,17+/m1/s1. The molecule has 2 heterocycles. The van der Waals surface area contributed by atoms with Crippen LogP contribution in [-0.4, -0.2) is 60.6 Å². The van der Waals surface area contributed by atoms with Gasteiger partial charge in [-0.2, -0.15) is 0 Å². The summed E-state index contributed by atoms with van der Waals surface area (Å²) in [5, 5.41) is 2.68. The molecule has 0 radical (unpaired) electrons. The Morgan fingerprint density at radius 1 is 1.28 bits per heavy atom. The summed E-state index contributed by atoms with van der Waals surface area (Å²) in [4.78, 5) is 26.2. The first-order valence-corrected chi connectivity index (χ1v) is 9.50. The number of benzene rings is 1. The third-order valence-corrected chi connectivity index (χ3v) is 4.97. The molecule has 29 heavy (non-hydrogen) atoms. The van der Waals surface area contributed by atoms with Crippen LogP contribution < -0.4 is 5.32 Å². The molecule has 160 valence electrons. The van der Waals surface area contributed by atoms with E-state index in [1.807, 2.05) is 0 Å². The second-order valence-electron chi connectivity index (χ2n) is 8.40. The molecule has 1 aromatic carbocycles. The molecule has 0 bridgehead atoms. The van der Waals surface area contributed by atoms with Gasteiger partial charge in [-0.15, -0.1) is 0 Å². The van der Waals surface area contributed by atoms with Gasteiger partial charge >= 0.3 is 12.2 Å². The fourth-order valence-electron chi connectivity index (χ4n) is 3.81. The van der Waals surface area contributed by atoms with Crippen LogP contribution in [0, 0.1) is 11.6 Å². The van der Waals surface area contributed by atoms with Crippen molar-refractivity contribution in [1.29, 1.82) is 0 Å². The van der Waals surface area contributed by atoms with E-state index in [9.17, 15) is 18.4 Å². The highest BCUT2D eigenvalue weighted by molar-refractivity contribution is 5.72. The molecule has 0 saturated carbocycles. The fourth-order valence-corrected chi connectivity index (χ4v) is 3.81. The molecule has 0 aliphatic carbocycles. The minimum absolute atomic E-state index is 0.154. The van der Waals surface area contributed by atoms with Crippen molar-refractivity contribution in [3.8, 4) is 0 Å². The van der Waals surface area contributed by atoms with Crippen LogP contribution in [0.3, 0.4) is 0 Å². The number of cyclic esters (lactones) is 1. The molecular weight excluding hydrogens is 386 g/mol. The van der Waals surface area contributed by atoms with Crippen LogP contribution in [0.5, 0.6) is 0 Å². The zero-order valence-corrected chi connectivity index (χ0v) is 16.9. The van der Waals surface area contributed by atoms with Crippen LogP contribution >= 0.6 is 0 Å². The Balaban J connectivity index is 1.82. The highest BCUT2D eigenvalue weighted by atomic mass is 19.1. The van der Waals surface area contributed by atoms with E-state index >= 15 is 0 Å². The van der Waals surface area contributed by atoms with Gasteiger partial charge in [-0.25, -0.2) is 18.4 Å². The molecule has 4 atom stereocenters. The molecule has 0 spiro atoms. The van der Waals surface area contributed by atoms with Crippen LogP contribution in [0.2, 0.25) is 0 Å². The van der Waals surface area contributed by atoms with E-state index in [-0.39, 0.29) is 12.5 Å². The van der Waals surface area contributed by atoms with Gasteiger partial charge in [0, 0.05) is 13.2 Å². The second-order valence-corrected chi connectivity index (χ2v) is 8.40. The van der Waals surface area contributed by atoms with Gasteiger partial charge in [-0.3, -0.25) is 4.90 Å². The third kappa shape index (κ3) is 5.14. The van der Waals surface area contributed by atoms with Gasteiger partial charge in [0.05, 0.1) is 24.7 Å². The third-order valence-electron chi connectivity index (χ3n) is 4.97. The van der Waals surface area contributed by atoms with Crippen molar-refractivity contribution in [3.63, 3.8) is 0 Å². The number of carbonyl (C=O) groups is 2. The summed E-state index contributed by atoms with van der Waals surface area (Å²) in [6.45, 7) is 5.60. The van der Waals surface area contributed by atoms with E-state index in [1.54, 1.807) is 27.9 Å². The average molecular weight is 412 g/mol. The number of ether oxygens (including phenoxy) is 3. The number of hydrogen-bond donors (Lipinski definition) is 1. The number of halogens is 2. The molecule has 2 amide bonds. The molecule has 1 N–H and O–H groups in total. The van der Waals surface area contributed by atoms with E-state index in [0.717, 1.165) is 6.07 Å². The topological polar surface area (TPSA) is 77.1 Å². The van der Waals surface area contributed by atoms with Gasteiger partial charge in [-0.1, -0.05) is 0 Å². The lowest BCUT2D eigenvalue weighted by atomic mass is 9.95. The summed E-state index contributed by atoms with van der Waals surface area (Å²) in [6.07, 6.45) is -1.51. The number of methoxy groups -OCH3 is 1. The zero-order valence-electron chi connectivity index (χ0n) is 16.9. The Morgan fingerprint density at radius 2 is 1.93 bits per heavy atom. The highest BCUT2D eigenvalue weighted by Gasteiger charge is 2.49. The molecule has 2 fully saturated rings. The number of likely N-dealkylation sites (tertiary alicyclic amines) is 1. The maximum absolute atomic E-state index is 13.6. The molecule has 1 aromatic rings. The van der Waals surface area contributed by atoms with Gasteiger partial charge in [0.25, 0.3) is 0 Å². The molecule has 2 aliphatic heterocycles. The van der Waals surface area contributed by atoms with Crippen LogP contribution in [-0.2, 0) is 20.6 Å². The van der Waals surface area contributed by atoms with Gasteiger partial charge in [-0.05, 0) is 51.3 Å². The van der Waals surface area contributed by atoms with Gasteiger partial charge in [0.15, 0.2) is 0 Å². The van der Waals surface area contributed by atoms with Crippen molar-refractivity contribution in [2.75, 3.05) is 13.7 Å². The predicted octanol–water partition coefficient (Wildman–Crippen LogP) is 3.01. The predicted molar refractivity (Wildman–Crippen MR) is 99.4 cm³/mol. The van der Waals surface area contributed by atoms with Gasteiger partial charge < -0.3 is 19.5 Å².